The van der Waals surface area contributed by atoms with Crippen molar-refractivity contribution in [1.82, 2.24) is 14.4 Å². The van der Waals surface area contributed by atoms with Crippen LogP contribution in [0, 0.1) is 0 Å². The van der Waals surface area contributed by atoms with Crippen LogP contribution in [0.15, 0.2) is 23.1 Å². The first-order valence-electron chi connectivity index (χ1n) is 9.01. The summed E-state index contributed by atoms with van der Waals surface area (Å²) in [6.07, 6.45) is 3.32. The van der Waals surface area contributed by atoms with Crippen molar-refractivity contribution in [1.29, 1.82) is 0 Å². The molecule has 2 aliphatic rings. The SMILES string of the molecule is Cn1cccc(C(=O)N(CCN2CCOCC2)C2CCOCC2)c1=O. The fraction of sp³-hybridized carbons (Fsp3) is 0.667. The lowest BCUT2D eigenvalue weighted by Crippen LogP contribution is -2.49. The Morgan fingerprint density at radius 1 is 1.20 bits per heavy atom. The second-order valence-corrected chi connectivity index (χ2v) is 6.63. The number of aromatic nitrogens is 1. The van der Waals surface area contributed by atoms with E-state index in [2.05, 4.69) is 4.90 Å². The highest BCUT2D eigenvalue weighted by Gasteiger charge is 2.28. The molecule has 0 N–H and O–H groups in total. The summed E-state index contributed by atoms with van der Waals surface area (Å²) >= 11 is 0. The Balaban J connectivity index is 1.75. The van der Waals surface area contributed by atoms with Crippen molar-refractivity contribution in [3.05, 3.63) is 34.2 Å². The number of hydrogen-bond donors (Lipinski definition) is 0. The molecule has 3 rings (SSSR count). The highest BCUT2D eigenvalue weighted by Crippen LogP contribution is 2.17. The fourth-order valence-corrected chi connectivity index (χ4v) is 3.44. The van der Waals surface area contributed by atoms with Crippen LogP contribution in [-0.2, 0) is 16.5 Å². The second kappa shape index (κ2) is 8.60. The summed E-state index contributed by atoms with van der Waals surface area (Å²) in [5.74, 6) is -0.165. The molecule has 0 radical (unpaired) electrons. The number of amides is 1. The predicted molar refractivity (Wildman–Crippen MR) is 93.8 cm³/mol. The van der Waals surface area contributed by atoms with Crippen molar-refractivity contribution in [2.45, 2.75) is 18.9 Å². The first-order chi connectivity index (χ1) is 12.2. The lowest BCUT2D eigenvalue weighted by Gasteiger charge is -2.36. The number of rotatable bonds is 5. The minimum Gasteiger partial charge on any atom is -0.381 e. The van der Waals surface area contributed by atoms with Gasteiger partial charge in [-0.3, -0.25) is 14.5 Å². The van der Waals surface area contributed by atoms with E-state index in [1.807, 2.05) is 4.90 Å². The molecule has 0 aliphatic carbocycles. The normalized spacial score (nSPS) is 19.7. The van der Waals surface area contributed by atoms with E-state index in [0.717, 1.165) is 45.7 Å². The lowest BCUT2D eigenvalue weighted by molar-refractivity contribution is 0.0140. The summed E-state index contributed by atoms with van der Waals surface area (Å²) in [5.41, 5.74) is 0.00870. The molecule has 0 saturated carbocycles. The van der Waals surface area contributed by atoms with Gasteiger partial charge in [0.2, 0.25) is 0 Å². The maximum absolute atomic E-state index is 13.1. The van der Waals surface area contributed by atoms with Crippen LogP contribution in [0.3, 0.4) is 0 Å². The Bertz CT molecular complexity index is 633. The van der Waals surface area contributed by atoms with E-state index in [4.69, 9.17) is 9.47 Å². The summed E-state index contributed by atoms with van der Waals surface area (Å²) in [7, 11) is 1.67. The minimum absolute atomic E-state index is 0.132. The molecule has 0 atom stereocenters. The van der Waals surface area contributed by atoms with Gasteiger partial charge in [0.25, 0.3) is 11.5 Å². The lowest BCUT2D eigenvalue weighted by atomic mass is 10.1. The minimum atomic E-state index is -0.240. The van der Waals surface area contributed by atoms with Gasteiger partial charge in [-0.25, -0.2) is 0 Å². The van der Waals surface area contributed by atoms with Crippen LogP contribution in [0.1, 0.15) is 23.2 Å². The predicted octanol–water partition coefficient (Wildman–Crippen LogP) is 0.339. The van der Waals surface area contributed by atoms with Gasteiger partial charge in [0.05, 0.1) is 13.2 Å². The zero-order chi connectivity index (χ0) is 17.6. The van der Waals surface area contributed by atoms with Gasteiger partial charge >= 0.3 is 0 Å². The van der Waals surface area contributed by atoms with E-state index >= 15 is 0 Å². The highest BCUT2D eigenvalue weighted by atomic mass is 16.5. The van der Waals surface area contributed by atoms with Gasteiger partial charge in [0.15, 0.2) is 0 Å². The van der Waals surface area contributed by atoms with E-state index in [1.54, 1.807) is 25.4 Å². The Morgan fingerprint density at radius 3 is 2.60 bits per heavy atom. The van der Waals surface area contributed by atoms with E-state index in [1.165, 1.54) is 4.57 Å². The molecule has 138 valence electrons. The average molecular weight is 349 g/mol. The Morgan fingerprint density at radius 2 is 1.88 bits per heavy atom. The average Bonchev–Trinajstić information content (AvgIpc) is 2.66. The van der Waals surface area contributed by atoms with Gasteiger partial charge in [-0.1, -0.05) is 0 Å². The smallest absolute Gasteiger partial charge is 0.263 e. The second-order valence-electron chi connectivity index (χ2n) is 6.63. The van der Waals surface area contributed by atoms with Gasteiger partial charge in [0.1, 0.15) is 5.56 Å². The first kappa shape index (κ1) is 18.1. The molecule has 0 unspecified atom stereocenters. The molecule has 2 aliphatic heterocycles. The molecule has 1 aromatic rings. The van der Waals surface area contributed by atoms with E-state index < -0.39 is 0 Å². The molecule has 0 bridgehead atoms. The highest BCUT2D eigenvalue weighted by molar-refractivity contribution is 5.94. The number of nitrogens with zero attached hydrogens (tertiary/aromatic N) is 3. The maximum atomic E-state index is 13.1. The Labute approximate surface area is 148 Å². The van der Waals surface area contributed by atoms with Gasteiger partial charge in [0, 0.05) is 58.7 Å². The summed E-state index contributed by atoms with van der Waals surface area (Å²) in [4.78, 5) is 29.7. The van der Waals surface area contributed by atoms with E-state index in [9.17, 15) is 9.59 Å². The number of pyridine rings is 1. The molecule has 25 heavy (non-hydrogen) atoms. The summed E-state index contributed by atoms with van der Waals surface area (Å²) in [5, 5.41) is 0. The largest absolute Gasteiger partial charge is 0.381 e. The van der Waals surface area contributed by atoms with Gasteiger partial charge in [-0.05, 0) is 25.0 Å². The third-order valence-corrected chi connectivity index (χ3v) is 5.01. The first-order valence-corrected chi connectivity index (χ1v) is 9.01. The van der Waals surface area contributed by atoms with Crippen molar-refractivity contribution in [3.8, 4) is 0 Å². The van der Waals surface area contributed by atoms with Crippen molar-refractivity contribution < 1.29 is 14.3 Å². The van der Waals surface area contributed by atoms with E-state index in [-0.39, 0.29) is 23.1 Å². The topological polar surface area (TPSA) is 64.0 Å². The molecule has 2 fully saturated rings. The number of aryl methyl sites for hydroxylation is 1. The van der Waals surface area contributed by atoms with Crippen LogP contribution in [-0.4, -0.2) is 78.9 Å². The number of ether oxygens (including phenoxy) is 2. The van der Waals surface area contributed by atoms with Crippen molar-refractivity contribution in [2.24, 2.45) is 7.05 Å². The Hall–Kier alpha value is -1.70. The molecule has 0 aromatic carbocycles. The standard InChI is InChI=1S/C18H27N3O4/c1-19-6-2-3-16(17(19)22)18(23)21(15-4-11-24-12-5-15)8-7-20-9-13-25-14-10-20/h2-3,6,15H,4-5,7-14H2,1H3. The molecule has 7 nitrogen and oxygen atoms in total. The van der Waals surface area contributed by atoms with Crippen LogP contribution in [0.4, 0.5) is 0 Å². The third-order valence-electron chi connectivity index (χ3n) is 5.01. The molecular weight excluding hydrogens is 322 g/mol. The molecule has 7 heteroatoms. The molecule has 1 aromatic heterocycles. The van der Waals surface area contributed by atoms with Gasteiger partial charge < -0.3 is 18.9 Å². The summed E-state index contributed by atoms with van der Waals surface area (Å²) in [6.45, 7) is 6.03. The zero-order valence-electron chi connectivity index (χ0n) is 14.9. The van der Waals surface area contributed by atoms with Crippen LogP contribution >= 0.6 is 0 Å². The number of carbonyl (C=O) groups excluding carboxylic acids is 1. The molecule has 3 heterocycles. The van der Waals surface area contributed by atoms with Crippen LogP contribution in [0.5, 0.6) is 0 Å². The fourth-order valence-electron chi connectivity index (χ4n) is 3.44. The quantitative estimate of drug-likeness (QED) is 0.767. The number of carbonyl (C=O) groups is 1. The van der Waals surface area contributed by atoms with Gasteiger partial charge in [-0.2, -0.15) is 0 Å². The molecule has 0 spiro atoms. The van der Waals surface area contributed by atoms with Crippen molar-refractivity contribution >= 4 is 5.91 Å². The third kappa shape index (κ3) is 4.48. The van der Waals surface area contributed by atoms with Crippen LogP contribution in [0.25, 0.3) is 0 Å². The number of morpholine rings is 1. The molecular formula is C18H27N3O4. The van der Waals surface area contributed by atoms with Gasteiger partial charge in [-0.15, -0.1) is 0 Å². The van der Waals surface area contributed by atoms with Crippen LogP contribution < -0.4 is 5.56 Å². The van der Waals surface area contributed by atoms with Crippen molar-refractivity contribution in [3.63, 3.8) is 0 Å². The Kier molecular flexibility index (Phi) is 6.23. The van der Waals surface area contributed by atoms with E-state index in [0.29, 0.717) is 19.8 Å². The zero-order valence-corrected chi connectivity index (χ0v) is 14.9. The monoisotopic (exact) mass is 349 g/mol. The van der Waals surface area contributed by atoms with Crippen molar-refractivity contribution in [2.75, 3.05) is 52.6 Å². The summed E-state index contributed by atoms with van der Waals surface area (Å²) < 4.78 is 12.3. The summed E-state index contributed by atoms with van der Waals surface area (Å²) in [6, 6.07) is 3.51. The molecule has 1 amide bonds. The number of hydrogen-bond acceptors (Lipinski definition) is 5. The van der Waals surface area contributed by atoms with Crippen LogP contribution in [0.2, 0.25) is 0 Å². The maximum Gasteiger partial charge on any atom is 0.263 e. The molecule has 2 saturated heterocycles.